The molecule has 1 saturated heterocycles. The molecular formula is C15H29N3O. The topological polar surface area (TPSA) is 53.2 Å². The van der Waals surface area contributed by atoms with Crippen LogP contribution < -0.4 is 16.0 Å². The number of hydrogen-bond acceptors (Lipinski definition) is 3. The van der Waals surface area contributed by atoms with Crippen molar-refractivity contribution in [1.29, 1.82) is 0 Å². The molecule has 2 atom stereocenters. The monoisotopic (exact) mass is 267 g/mol. The molecule has 3 N–H and O–H groups in total. The maximum absolute atomic E-state index is 11.5. The Kier molecular flexibility index (Phi) is 6.11. The first-order chi connectivity index (χ1) is 9.24. The van der Waals surface area contributed by atoms with Crippen molar-refractivity contribution in [3.8, 4) is 0 Å². The van der Waals surface area contributed by atoms with Crippen LogP contribution in [0.15, 0.2) is 0 Å². The fraction of sp³-hybridized carbons (Fsp3) is 0.933. The van der Waals surface area contributed by atoms with Gasteiger partial charge in [-0.25, -0.2) is 0 Å². The minimum absolute atomic E-state index is 0.228. The lowest BCUT2D eigenvalue weighted by atomic mass is 9.99. The van der Waals surface area contributed by atoms with E-state index in [1.807, 2.05) is 0 Å². The van der Waals surface area contributed by atoms with Crippen LogP contribution in [0.3, 0.4) is 0 Å². The predicted octanol–water partition coefficient (Wildman–Crippen LogP) is 1.56. The van der Waals surface area contributed by atoms with Gasteiger partial charge in [0.15, 0.2) is 0 Å². The minimum atomic E-state index is 0.228. The molecule has 1 amide bonds. The molecule has 2 fully saturated rings. The molecule has 2 aliphatic rings. The van der Waals surface area contributed by atoms with Crippen LogP contribution in [0.1, 0.15) is 58.3 Å². The van der Waals surface area contributed by atoms with Gasteiger partial charge in [0.05, 0.1) is 0 Å². The van der Waals surface area contributed by atoms with Crippen LogP contribution in [-0.2, 0) is 4.79 Å². The first-order valence-electron chi connectivity index (χ1n) is 8.00. The second-order valence-electron chi connectivity index (χ2n) is 6.18. The molecule has 0 bridgehead atoms. The number of hydrogen-bond donors (Lipinski definition) is 3. The fourth-order valence-corrected chi connectivity index (χ4v) is 2.76. The van der Waals surface area contributed by atoms with E-state index >= 15 is 0 Å². The number of amides is 1. The van der Waals surface area contributed by atoms with Gasteiger partial charge in [0.2, 0.25) is 5.91 Å². The quantitative estimate of drug-likeness (QED) is 0.585. The summed E-state index contributed by atoms with van der Waals surface area (Å²) in [5.41, 5.74) is 0. The third kappa shape index (κ3) is 6.39. The summed E-state index contributed by atoms with van der Waals surface area (Å²) in [6.07, 6.45) is 9.17. The molecule has 1 aliphatic heterocycles. The lowest BCUT2D eigenvalue weighted by Gasteiger charge is -2.26. The zero-order valence-electron chi connectivity index (χ0n) is 12.2. The Balaban J connectivity index is 1.46. The molecule has 4 heteroatoms. The first-order valence-corrected chi connectivity index (χ1v) is 8.00. The zero-order valence-corrected chi connectivity index (χ0v) is 12.2. The summed E-state index contributed by atoms with van der Waals surface area (Å²) in [7, 11) is 0. The van der Waals surface area contributed by atoms with Gasteiger partial charge in [0.25, 0.3) is 0 Å². The molecule has 1 aliphatic carbocycles. The summed E-state index contributed by atoms with van der Waals surface area (Å²) in [4.78, 5) is 11.5. The molecule has 2 rings (SSSR count). The smallest absolute Gasteiger partial charge is 0.220 e. The van der Waals surface area contributed by atoms with Crippen LogP contribution in [0.5, 0.6) is 0 Å². The average molecular weight is 267 g/mol. The molecule has 1 heterocycles. The van der Waals surface area contributed by atoms with Crippen molar-refractivity contribution >= 4 is 5.91 Å². The summed E-state index contributed by atoms with van der Waals surface area (Å²) < 4.78 is 0. The minimum Gasteiger partial charge on any atom is -0.353 e. The third-order valence-electron chi connectivity index (χ3n) is 4.07. The van der Waals surface area contributed by atoms with Crippen molar-refractivity contribution < 1.29 is 4.79 Å². The maximum Gasteiger partial charge on any atom is 0.220 e. The summed E-state index contributed by atoms with van der Waals surface area (Å²) in [5, 5.41) is 10.1. The van der Waals surface area contributed by atoms with Gasteiger partial charge in [0, 0.05) is 24.5 Å². The molecule has 0 spiro atoms. The van der Waals surface area contributed by atoms with E-state index in [1.54, 1.807) is 0 Å². The highest BCUT2D eigenvalue weighted by Crippen LogP contribution is 2.18. The summed E-state index contributed by atoms with van der Waals surface area (Å²) >= 11 is 0. The average Bonchev–Trinajstić information content (AvgIpc) is 3.20. The Morgan fingerprint density at radius 2 is 2.16 bits per heavy atom. The van der Waals surface area contributed by atoms with Gasteiger partial charge in [-0.05, 0) is 58.5 Å². The van der Waals surface area contributed by atoms with Crippen molar-refractivity contribution in [2.45, 2.75) is 76.4 Å². The maximum atomic E-state index is 11.5. The molecule has 110 valence electrons. The molecule has 0 aromatic rings. The molecule has 0 aromatic carbocycles. The largest absolute Gasteiger partial charge is 0.353 e. The molecule has 0 aromatic heterocycles. The normalized spacial score (nSPS) is 25.0. The van der Waals surface area contributed by atoms with Gasteiger partial charge >= 0.3 is 0 Å². The van der Waals surface area contributed by atoms with Crippen molar-refractivity contribution in [2.75, 3.05) is 13.1 Å². The molecule has 4 nitrogen and oxygen atoms in total. The van der Waals surface area contributed by atoms with E-state index in [9.17, 15) is 4.79 Å². The van der Waals surface area contributed by atoms with Crippen molar-refractivity contribution in [1.82, 2.24) is 16.0 Å². The van der Waals surface area contributed by atoms with Crippen LogP contribution in [0, 0.1) is 0 Å². The summed E-state index contributed by atoms with van der Waals surface area (Å²) in [5.74, 6) is 0.228. The van der Waals surface area contributed by atoms with Gasteiger partial charge in [-0.3, -0.25) is 4.79 Å². The van der Waals surface area contributed by atoms with Gasteiger partial charge in [-0.15, -0.1) is 0 Å². The Bertz CT molecular complexity index is 273. The molecular weight excluding hydrogens is 238 g/mol. The van der Waals surface area contributed by atoms with Crippen LogP contribution >= 0.6 is 0 Å². The van der Waals surface area contributed by atoms with E-state index in [1.165, 1.54) is 45.1 Å². The van der Waals surface area contributed by atoms with E-state index in [4.69, 9.17) is 0 Å². The van der Waals surface area contributed by atoms with E-state index in [2.05, 4.69) is 22.9 Å². The van der Waals surface area contributed by atoms with E-state index in [0.717, 1.165) is 13.0 Å². The van der Waals surface area contributed by atoms with Crippen molar-refractivity contribution in [3.63, 3.8) is 0 Å². The van der Waals surface area contributed by atoms with E-state index in [0.29, 0.717) is 24.5 Å². The molecule has 2 unspecified atom stereocenters. The Morgan fingerprint density at radius 3 is 2.84 bits per heavy atom. The van der Waals surface area contributed by atoms with Gasteiger partial charge < -0.3 is 16.0 Å². The molecule has 0 radical (unpaired) electrons. The first kappa shape index (κ1) is 14.8. The Morgan fingerprint density at radius 1 is 1.32 bits per heavy atom. The predicted molar refractivity (Wildman–Crippen MR) is 78.1 cm³/mol. The highest BCUT2D eigenvalue weighted by Gasteiger charge is 2.22. The van der Waals surface area contributed by atoms with Crippen LogP contribution in [-0.4, -0.2) is 37.1 Å². The van der Waals surface area contributed by atoms with Gasteiger partial charge in [-0.2, -0.15) is 0 Å². The van der Waals surface area contributed by atoms with Crippen LogP contribution in [0.25, 0.3) is 0 Å². The van der Waals surface area contributed by atoms with E-state index < -0.39 is 0 Å². The van der Waals surface area contributed by atoms with E-state index in [-0.39, 0.29) is 5.91 Å². The van der Waals surface area contributed by atoms with Gasteiger partial charge in [-0.1, -0.05) is 6.42 Å². The second-order valence-corrected chi connectivity index (χ2v) is 6.18. The standard InChI is InChI=1S/C15H29N3O/c1-12(11-14-5-2-3-9-17-14)16-10-4-6-15(19)18-13-7-8-13/h12-14,16-17H,2-11H2,1H3,(H,18,19). The second kappa shape index (κ2) is 7.85. The highest BCUT2D eigenvalue weighted by atomic mass is 16.1. The van der Waals surface area contributed by atoms with Crippen molar-refractivity contribution in [3.05, 3.63) is 0 Å². The van der Waals surface area contributed by atoms with Crippen LogP contribution in [0.4, 0.5) is 0 Å². The van der Waals surface area contributed by atoms with Crippen molar-refractivity contribution in [2.24, 2.45) is 0 Å². The lowest BCUT2D eigenvalue weighted by molar-refractivity contribution is -0.121. The van der Waals surface area contributed by atoms with Gasteiger partial charge in [0.1, 0.15) is 0 Å². The third-order valence-corrected chi connectivity index (χ3v) is 4.07. The SMILES string of the molecule is CC(CC1CCCCN1)NCCCC(=O)NC1CC1. The lowest BCUT2D eigenvalue weighted by Crippen LogP contribution is -2.40. The highest BCUT2D eigenvalue weighted by molar-refractivity contribution is 5.76. The number of carbonyl (C=O) groups excluding carboxylic acids is 1. The van der Waals surface area contributed by atoms with Crippen LogP contribution in [0.2, 0.25) is 0 Å². The Labute approximate surface area is 117 Å². The fourth-order valence-electron chi connectivity index (χ4n) is 2.76. The zero-order chi connectivity index (χ0) is 13.5. The number of rotatable bonds is 8. The molecule has 1 saturated carbocycles. The number of nitrogens with one attached hydrogen (secondary N) is 3. The number of carbonyl (C=O) groups is 1. The molecule has 19 heavy (non-hydrogen) atoms. The summed E-state index contributed by atoms with van der Waals surface area (Å²) in [6, 6.07) is 1.73. The Hall–Kier alpha value is -0.610. The number of piperidine rings is 1. The summed E-state index contributed by atoms with van der Waals surface area (Å²) in [6.45, 7) is 4.38.